The van der Waals surface area contributed by atoms with Gasteiger partial charge in [-0.2, -0.15) is 0 Å². The van der Waals surface area contributed by atoms with Crippen molar-refractivity contribution in [1.82, 2.24) is 0 Å². The van der Waals surface area contributed by atoms with Gasteiger partial charge in [0.2, 0.25) is 0 Å². The molecule has 0 fully saturated rings. The fourth-order valence-electron chi connectivity index (χ4n) is 6.17. The van der Waals surface area contributed by atoms with Crippen LogP contribution in [0.2, 0.25) is 0 Å². The maximum atomic E-state index is 15.7. The van der Waals surface area contributed by atoms with E-state index >= 15 is 8.78 Å². The SMILES string of the molecule is CCc1cc2c(c(F)c1O)C1(CC2(C)C)CC(C)(C)c2cc(CC)c(O)c(F)c21. The lowest BCUT2D eigenvalue weighted by Gasteiger charge is -2.31. The Morgan fingerprint density at radius 2 is 1.10 bits per heavy atom. The normalized spacial score (nSPS) is 20.1. The van der Waals surface area contributed by atoms with E-state index in [9.17, 15) is 10.2 Å². The van der Waals surface area contributed by atoms with Gasteiger partial charge in [-0.25, -0.2) is 8.78 Å². The van der Waals surface area contributed by atoms with Gasteiger partial charge in [0.05, 0.1) is 0 Å². The van der Waals surface area contributed by atoms with Crippen molar-refractivity contribution in [2.75, 3.05) is 0 Å². The zero-order valence-electron chi connectivity index (χ0n) is 18.1. The first kappa shape index (κ1) is 20.2. The molecule has 0 aromatic heterocycles. The molecule has 4 heteroatoms. The highest BCUT2D eigenvalue weighted by atomic mass is 19.1. The summed E-state index contributed by atoms with van der Waals surface area (Å²) in [5, 5.41) is 21.1. The molecule has 29 heavy (non-hydrogen) atoms. The number of hydrogen-bond donors (Lipinski definition) is 2. The lowest BCUT2D eigenvalue weighted by molar-refractivity contribution is 0.332. The fourth-order valence-corrected chi connectivity index (χ4v) is 6.17. The van der Waals surface area contributed by atoms with Gasteiger partial charge in [0.1, 0.15) is 0 Å². The molecule has 0 saturated heterocycles. The third-order valence-corrected chi connectivity index (χ3v) is 7.30. The molecule has 2 aliphatic rings. The average Bonchev–Trinajstić information content (AvgIpc) is 2.99. The van der Waals surface area contributed by atoms with Gasteiger partial charge in [-0.05, 0) is 58.8 Å². The number of rotatable bonds is 2. The van der Waals surface area contributed by atoms with Crippen LogP contribution in [0.15, 0.2) is 12.1 Å². The Morgan fingerprint density at radius 3 is 1.41 bits per heavy atom. The largest absolute Gasteiger partial charge is 0.505 e. The molecule has 2 nitrogen and oxygen atoms in total. The second-order valence-electron chi connectivity index (χ2n) is 10.2. The molecule has 0 radical (unpaired) electrons. The molecule has 1 spiro atoms. The van der Waals surface area contributed by atoms with Crippen molar-refractivity contribution in [2.24, 2.45) is 0 Å². The molecule has 156 valence electrons. The Hall–Kier alpha value is -2.10. The Labute approximate surface area is 171 Å². The van der Waals surface area contributed by atoms with Gasteiger partial charge >= 0.3 is 0 Å². The Kier molecular flexibility index (Phi) is 4.15. The third-order valence-electron chi connectivity index (χ3n) is 7.30. The summed E-state index contributed by atoms with van der Waals surface area (Å²) in [6.07, 6.45) is 2.13. The topological polar surface area (TPSA) is 40.5 Å². The molecule has 2 aromatic carbocycles. The van der Waals surface area contributed by atoms with E-state index in [0.717, 1.165) is 11.1 Å². The van der Waals surface area contributed by atoms with Crippen LogP contribution >= 0.6 is 0 Å². The number of phenolic OH excluding ortho intramolecular Hbond substituents is 2. The highest BCUT2D eigenvalue weighted by molar-refractivity contribution is 5.64. The molecule has 0 aliphatic heterocycles. The molecule has 2 N–H and O–H groups in total. The van der Waals surface area contributed by atoms with Crippen molar-refractivity contribution in [1.29, 1.82) is 0 Å². The fraction of sp³-hybridized carbons (Fsp3) is 0.520. The van der Waals surface area contributed by atoms with Crippen LogP contribution in [0.1, 0.15) is 87.8 Å². The third kappa shape index (κ3) is 2.44. The van der Waals surface area contributed by atoms with Gasteiger partial charge in [-0.1, -0.05) is 53.7 Å². The Bertz CT molecular complexity index is 951. The van der Waals surface area contributed by atoms with Crippen LogP contribution in [0.4, 0.5) is 8.78 Å². The molecular weight excluding hydrogens is 370 g/mol. The Balaban J connectivity index is 2.13. The van der Waals surface area contributed by atoms with Crippen LogP contribution in [0, 0.1) is 11.6 Å². The lowest BCUT2D eigenvalue weighted by atomic mass is 9.72. The number of hydrogen-bond acceptors (Lipinski definition) is 2. The van der Waals surface area contributed by atoms with Crippen molar-refractivity contribution >= 4 is 0 Å². The van der Waals surface area contributed by atoms with E-state index in [4.69, 9.17) is 0 Å². The van der Waals surface area contributed by atoms with Gasteiger partial charge in [-0.3, -0.25) is 0 Å². The number of phenols is 2. The maximum Gasteiger partial charge on any atom is 0.169 e. The predicted molar refractivity (Wildman–Crippen MR) is 111 cm³/mol. The molecule has 0 atom stereocenters. The first-order valence-corrected chi connectivity index (χ1v) is 10.5. The standard InChI is InChI=1S/C25H30F2O2/c1-7-13-9-15-17(19(26)21(13)28)25(11-23(15,3)4)12-24(5,6)16-10-14(8-2)22(29)20(27)18(16)25/h9-10,28-29H,7-8,11-12H2,1-6H3. The zero-order valence-corrected chi connectivity index (χ0v) is 18.1. The van der Waals surface area contributed by atoms with Gasteiger partial charge in [-0.15, -0.1) is 0 Å². The number of halogens is 2. The summed E-state index contributed by atoms with van der Waals surface area (Å²) < 4.78 is 31.4. The predicted octanol–water partition coefficient (Wildman–Crippen LogP) is 6.15. The minimum absolute atomic E-state index is 0.329. The molecule has 2 aliphatic carbocycles. The zero-order chi connectivity index (χ0) is 21.5. The van der Waals surface area contributed by atoms with Crippen LogP contribution < -0.4 is 0 Å². The molecule has 0 bridgehead atoms. The number of aromatic hydroxyl groups is 2. The van der Waals surface area contributed by atoms with Crippen molar-refractivity contribution in [3.8, 4) is 11.5 Å². The molecule has 0 heterocycles. The lowest BCUT2D eigenvalue weighted by Crippen LogP contribution is -2.28. The quantitative estimate of drug-likeness (QED) is 0.635. The molecular formula is C25H30F2O2. The van der Waals surface area contributed by atoms with E-state index in [0.29, 0.717) is 47.9 Å². The summed E-state index contributed by atoms with van der Waals surface area (Å²) in [7, 11) is 0. The van der Waals surface area contributed by atoms with E-state index < -0.39 is 17.0 Å². The van der Waals surface area contributed by atoms with Crippen molar-refractivity contribution in [3.05, 3.63) is 57.1 Å². The highest BCUT2D eigenvalue weighted by Gasteiger charge is 2.59. The van der Waals surface area contributed by atoms with Crippen molar-refractivity contribution < 1.29 is 19.0 Å². The number of benzene rings is 2. The average molecular weight is 401 g/mol. The first-order valence-electron chi connectivity index (χ1n) is 10.5. The minimum Gasteiger partial charge on any atom is -0.505 e. The summed E-state index contributed by atoms with van der Waals surface area (Å²) in [6, 6.07) is 3.79. The summed E-state index contributed by atoms with van der Waals surface area (Å²) >= 11 is 0. The number of aryl methyl sites for hydroxylation is 2. The van der Waals surface area contributed by atoms with Crippen LogP contribution in [0.3, 0.4) is 0 Å². The summed E-state index contributed by atoms with van der Waals surface area (Å²) in [4.78, 5) is 0. The second kappa shape index (κ2) is 5.96. The first-order chi connectivity index (χ1) is 13.4. The maximum absolute atomic E-state index is 15.7. The van der Waals surface area contributed by atoms with Crippen LogP contribution in [-0.4, -0.2) is 10.2 Å². The minimum atomic E-state index is -0.903. The van der Waals surface area contributed by atoms with E-state index in [1.54, 1.807) is 0 Å². The molecule has 0 saturated carbocycles. The van der Waals surface area contributed by atoms with Gasteiger partial charge in [0, 0.05) is 16.5 Å². The van der Waals surface area contributed by atoms with E-state index in [-0.39, 0.29) is 22.3 Å². The second-order valence-corrected chi connectivity index (χ2v) is 10.2. The van der Waals surface area contributed by atoms with Gasteiger partial charge in [0.15, 0.2) is 23.1 Å². The monoisotopic (exact) mass is 400 g/mol. The molecule has 0 amide bonds. The van der Waals surface area contributed by atoms with Crippen LogP contribution in [0.5, 0.6) is 11.5 Å². The number of fused-ring (bicyclic) bond motifs is 4. The van der Waals surface area contributed by atoms with E-state index in [2.05, 4.69) is 27.7 Å². The van der Waals surface area contributed by atoms with E-state index in [1.807, 2.05) is 26.0 Å². The summed E-state index contributed by atoms with van der Waals surface area (Å²) in [5.41, 5.74) is 1.99. The summed E-state index contributed by atoms with van der Waals surface area (Å²) in [6.45, 7) is 12.0. The van der Waals surface area contributed by atoms with E-state index in [1.165, 1.54) is 0 Å². The van der Waals surface area contributed by atoms with Crippen molar-refractivity contribution in [3.63, 3.8) is 0 Å². The van der Waals surface area contributed by atoms with Crippen LogP contribution in [0.25, 0.3) is 0 Å². The summed E-state index contributed by atoms with van der Waals surface area (Å²) in [5.74, 6) is -1.92. The smallest absolute Gasteiger partial charge is 0.169 e. The molecule has 4 rings (SSSR count). The Morgan fingerprint density at radius 1 is 0.759 bits per heavy atom. The molecule has 2 aromatic rings. The van der Waals surface area contributed by atoms with Crippen LogP contribution in [-0.2, 0) is 29.1 Å². The molecule has 0 unspecified atom stereocenters. The van der Waals surface area contributed by atoms with Gasteiger partial charge < -0.3 is 10.2 Å². The van der Waals surface area contributed by atoms with Crippen molar-refractivity contribution in [2.45, 2.75) is 83.5 Å². The highest BCUT2D eigenvalue weighted by Crippen LogP contribution is 2.65. The van der Waals surface area contributed by atoms with Gasteiger partial charge in [0.25, 0.3) is 0 Å².